The van der Waals surface area contributed by atoms with E-state index in [1.165, 1.54) is 24.9 Å². The fraction of sp³-hybridized carbons (Fsp3) is 0.233. The number of furan rings is 1. The topological polar surface area (TPSA) is 135 Å². The van der Waals surface area contributed by atoms with Gasteiger partial charge >= 0.3 is 5.97 Å². The normalized spacial score (nSPS) is 14.8. The van der Waals surface area contributed by atoms with Crippen LogP contribution in [0.1, 0.15) is 36.8 Å². The fourth-order valence-corrected chi connectivity index (χ4v) is 5.83. The van der Waals surface area contributed by atoms with E-state index in [2.05, 4.69) is 4.99 Å². The van der Waals surface area contributed by atoms with Crippen LogP contribution < -0.4 is 24.4 Å². The molecule has 5 rings (SSSR count). The van der Waals surface area contributed by atoms with Crippen molar-refractivity contribution in [3.05, 3.63) is 106 Å². The lowest BCUT2D eigenvalue weighted by Gasteiger charge is -2.25. The summed E-state index contributed by atoms with van der Waals surface area (Å²) in [5.74, 6) is 1.16. The Morgan fingerprint density at radius 2 is 1.88 bits per heavy atom. The minimum atomic E-state index is -0.831. The van der Waals surface area contributed by atoms with Crippen LogP contribution in [0, 0.1) is 17.0 Å². The highest BCUT2D eigenvalue weighted by Gasteiger charge is 2.34. The van der Waals surface area contributed by atoms with Gasteiger partial charge in [-0.3, -0.25) is 19.5 Å². The van der Waals surface area contributed by atoms with E-state index in [0.717, 1.165) is 11.3 Å². The number of thiazole rings is 1. The Morgan fingerprint density at radius 1 is 1.12 bits per heavy atom. The maximum atomic E-state index is 13.9. The molecule has 0 saturated heterocycles. The first-order valence-corrected chi connectivity index (χ1v) is 13.7. The third-order valence-corrected chi connectivity index (χ3v) is 7.81. The number of nitro groups is 1. The number of aromatic nitrogens is 1. The van der Waals surface area contributed by atoms with E-state index in [-0.39, 0.29) is 23.4 Å². The van der Waals surface area contributed by atoms with Crippen LogP contribution in [-0.2, 0) is 9.53 Å². The van der Waals surface area contributed by atoms with Crippen LogP contribution in [0.2, 0.25) is 0 Å². The molecule has 0 spiro atoms. The zero-order valence-electron chi connectivity index (χ0n) is 23.5. The number of nitrogens with zero attached hydrogens (tertiary/aromatic N) is 3. The van der Waals surface area contributed by atoms with Gasteiger partial charge in [0.25, 0.3) is 11.2 Å². The van der Waals surface area contributed by atoms with E-state index in [0.29, 0.717) is 54.7 Å². The molecule has 3 heterocycles. The Morgan fingerprint density at radius 3 is 2.57 bits per heavy atom. The van der Waals surface area contributed by atoms with Crippen molar-refractivity contribution < 1.29 is 28.3 Å². The number of esters is 1. The molecular formula is C30H27N3O8S. The second kappa shape index (κ2) is 11.5. The van der Waals surface area contributed by atoms with Gasteiger partial charge in [-0.1, -0.05) is 29.5 Å². The molecule has 2 aromatic heterocycles. The molecule has 0 N–H and O–H groups in total. The summed E-state index contributed by atoms with van der Waals surface area (Å²) in [6.45, 7) is 5.24. The number of benzene rings is 2. The molecule has 2 aromatic carbocycles. The number of nitro benzene ring substituents is 1. The Labute approximate surface area is 243 Å². The van der Waals surface area contributed by atoms with E-state index >= 15 is 0 Å². The van der Waals surface area contributed by atoms with Crippen LogP contribution in [0.5, 0.6) is 11.5 Å². The van der Waals surface area contributed by atoms with Gasteiger partial charge in [-0.15, -0.1) is 0 Å². The number of methoxy groups -OCH3 is 2. The number of aryl methyl sites for hydroxylation is 1. The largest absolute Gasteiger partial charge is 0.493 e. The molecule has 216 valence electrons. The zero-order chi connectivity index (χ0) is 30.1. The van der Waals surface area contributed by atoms with Crippen LogP contribution in [0.25, 0.3) is 17.4 Å². The Balaban J connectivity index is 1.63. The number of hydrogen-bond donors (Lipinski definition) is 0. The number of carbonyl (C=O) groups is 1. The number of ether oxygens (including phenoxy) is 3. The summed E-state index contributed by atoms with van der Waals surface area (Å²) in [4.78, 5) is 43.0. The van der Waals surface area contributed by atoms with Crippen LogP contribution in [0.4, 0.5) is 5.69 Å². The van der Waals surface area contributed by atoms with Crippen molar-refractivity contribution in [2.24, 2.45) is 4.99 Å². The summed E-state index contributed by atoms with van der Waals surface area (Å²) in [6.07, 6.45) is 1.59. The second-order valence-electron chi connectivity index (χ2n) is 9.38. The highest BCUT2D eigenvalue weighted by Crippen LogP contribution is 2.36. The van der Waals surface area contributed by atoms with Crippen LogP contribution in [-0.4, -0.2) is 36.3 Å². The number of hydrogen-bond acceptors (Lipinski definition) is 10. The molecule has 1 atom stereocenters. The quantitative estimate of drug-likeness (QED) is 0.169. The summed E-state index contributed by atoms with van der Waals surface area (Å²) < 4.78 is 23.9. The monoisotopic (exact) mass is 589 g/mol. The van der Waals surface area contributed by atoms with Crippen molar-refractivity contribution in [2.75, 3.05) is 20.8 Å². The van der Waals surface area contributed by atoms with E-state index in [1.54, 1.807) is 69.3 Å². The lowest BCUT2D eigenvalue weighted by atomic mass is 9.95. The Bertz CT molecular complexity index is 1930. The third-order valence-electron chi connectivity index (χ3n) is 6.83. The number of rotatable bonds is 8. The highest BCUT2D eigenvalue weighted by atomic mass is 32.1. The summed E-state index contributed by atoms with van der Waals surface area (Å²) >= 11 is 1.15. The molecule has 0 unspecified atom stereocenters. The van der Waals surface area contributed by atoms with Gasteiger partial charge in [0.15, 0.2) is 16.3 Å². The molecule has 0 radical (unpaired) electrons. The predicted molar refractivity (Wildman–Crippen MR) is 155 cm³/mol. The Kier molecular flexibility index (Phi) is 7.81. The molecule has 11 nitrogen and oxygen atoms in total. The smallest absolute Gasteiger partial charge is 0.338 e. The summed E-state index contributed by atoms with van der Waals surface area (Å²) in [5.41, 5.74) is 1.97. The lowest BCUT2D eigenvalue weighted by molar-refractivity contribution is -0.385. The molecule has 0 fully saturated rings. The zero-order valence-corrected chi connectivity index (χ0v) is 24.3. The molecule has 1 aliphatic rings. The summed E-state index contributed by atoms with van der Waals surface area (Å²) in [7, 11) is 3.03. The van der Waals surface area contributed by atoms with Crippen molar-refractivity contribution in [2.45, 2.75) is 26.8 Å². The third kappa shape index (κ3) is 5.12. The van der Waals surface area contributed by atoms with E-state index in [9.17, 15) is 19.7 Å². The van der Waals surface area contributed by atoms with Crippen molar-refractivity contribution in [1.29, 1.82) is 0 Å². The first-order chi connectivity index (χ1) is 20.2. The minimum absolute atomic E-state index is 0.0123. The van der Waals surface area contributed by atoms with Gasteiger partial charge in [0, 0.05) is 23.3 Å². The van der Waals surface area contributed by atoms with Crippen molar-refractivity contribution in [3.8, 4) is 22.8 Å². The average molecular weight is 590 g/mol. The molecule has 0 bridgehead atoms. The average Bonchev–Trinajstić information content (AvgIpc) is 3.56. The molecule has 0 aliphatic carbocycles. The molecule has 42 heavy (non-hydrogen) atoms. The van der Waals surface area contributed by atoms with Crippen molar-refractivity contribution in [3.63, 3.8) is 0 Å². The van der Waals surface area contributed by atoms with Gasteiger partial charge in [0.1, 0.15) is 11.5 Å². The number of allylic oxidation sites excluding steroid dienone is 1. The van der Waals surface area contributed by atoms with Crippen LogP contribution in [0.3, 0.4) is 0 Å². The molecule has 0 amide bonds. The molecule has 1 aliphatic heterocycles. The standard InChI is InChI=1S/C30H27N3O8S/c1-6-40-29(35)26-17(3)31-30-32(27(26)19-9-11-23(38-4)24(14-19)39-5)28(34)25(42-30)15-20-10-12-22(41-20)18-8-7-16(2)21(13-18)33(36)37/h7-15,27H,6H2,1-5H3/b25-15-/t27-/m1/s1. The predicted octanol–water partition coefficient (Wildman–Crippen LogP) is 4.29. The van der Waals surface area contributed by atoms with Crippen LogP contribution in [0.15, 0.2) is 74.0 Å². The van der Waals surface area contributed by atoms with Gasteiger partial charge in [0.2, 0.25) is 0 Å². The van der Waals surface area contributed by atoms with Gasteiger partial charge in [-0.05, 0) is 50.6 Å². The van der Waals surface area contributed by atoms with E-state index in [1.807, 2.05) is 0 Å². The molecular weight excluding hydrogens is 562 g/mol. The van der Waals surface area contributed by atoms with Crippen molar-refractivity contribution in [1.82, 2.24) is 4.57 Å². The lowest BCUT2D eigenvalue weighted by Crippen LogP contribution is -2.39. The maximum absolute atomic E-state index is 13.9. The van der Waals surface area contributed by atoms with Crippen LogP contribution >= 0.6 is 11.3 Å². The first kappa shape index (κ1) is 28.6. The molecule has 0 saturated carbocycles. The minimum Gasteiger partial charge on any atom is -0.493 e. The van der Waals surface area contributed by atoms with Gasteiger partial charge in [-0.2, -0.15) is 0 Å². The fourth-order valence-electron chi connectivity index (χ4n) is 4.80. The van der Waals surface area contributed by atoms with E-state index < -0.39 is 16.9 Å². The number of carbonyl (C=O) groups excluding carboxylic acids is 1. The first-order valence-electron chi connectivity index (χ1n) is 12.9. The van der Waals surface area contributed by atoms with Gasteiger partial charge < -0.3 is 18.6 Å². The molecule has 12 heteroatoms. The number of fused-ring (bicyclic) bond motifs is 1. The van der Waals surface area contributed by atoms with Gasteiger partial charge in [-0.25, -0.2) is 9.79 Å². The van der Waals surface area contributed by atoms with Gasteiger partial charge in [0.05, 0.1) is 47.6 Å². The van der Waals surface area contributed by atoms with E-state index in [4.69, 9.17) is 18.6 Å². The maximum Gasteiger partial charge on any atom is 0.338 e. The summed E-state index contributed by atoms with van der Waals surface area (Å²) in [5, 5.41) is 11.4. The van der Waals surface area contributed by atoms with Crippen molar-refractivity contribution >= 4 is 29.1 Å². The molecule has 4 aromatic rings. The SMILES string of the molecule is CCOC(=O)C1=C(C)N=c2s/c(=C\c3ccc(-c4ccc(C)c([N+](=O)[O-])c4)o3)c(=O)n2[C@@H]1c1ccc(OC)c(OC)c1. The summed E-state index contributed by atoms with van der Waals surface area (Å²) in [6, 6.07) is 12.6. The second-order valence-corrected chi connectivity index (χ2v) is 10.4. The Hall–Kier alpha value is -4.97. The highest BCUT2D eigenvalue weighted by molar-refractivity contribution is 7.07.